The molecule has 1 rings (SSSR count). The second kappa shape index (κ2) is 6.42. The van der Waals surface area contributed by atoms with E-state index >= 15 is 0 Å². The lowest BCUT2D eigenvalue weighted by molar-refractivity contribution is -0.142. The molecule has 1 unspecified atom stereocenters. The van der Waals surface area contributed by atoms with Gasteiger partial charge < -0.3 is 10.1 Å². The summed E-state index contributed by atoms with van der Waals surface area (Å²) in [7, 11) is 1.31. The van der Waals surface area contributed by atoms with Crippen LogP contribution in [0.1, 0.15) is 32.6 Å². The van der Waals surface area contributed by atoms with Gasteiger partial charge >= 0.3 is 5.97 Å². The third kappa shape index (κ3) is 4.21. The molecule has 0 fully saturated rings. The van der Waals surface area contributed by atoms with Crippen LogP contribution < -0.4 is 5.32 Å². The Kier molecular flexibility index (Phi) is 5.19. The van der Waals surface area contributed by atoms with Gasteiger partial charge in [-0.2, -0.15) is 0 Å². The molecule has 1 aliphatic carbocycles. The predicted octanol–water partition coefficient (Wildman–Crippen LogP) is 1.62. The number of methoxy groups -OCH3 is 1. The molecule has 0 aliphatic heterocycles. The molecule has 1 N–H and O–H groups in total. The van der Waals surface area contributed by atoms with Gasteiger partial charge in [0.25, 0.3) is 0 Å². The Bertz CT molecular complexity index is 312. The number of carbonyl (C=O) groups excluding carboxylic acids is 2. The van der Waals surface area contributed by atoms with Gasteiger partial charge in [0.1, 0.15) is 6.54 Å². The lowest BCUT2D eigenvalue weighted by atomic mass is 9.78. The SMILES string of the molecule is COC(=O)CNC(=O)C1(C)CC[CH]/C=C/CC1. The third-order valence-electron chi connectivity index (χ3n) is 3.17. The third-order valence-corrected chi connectivity index (χ3v) is 3.17. The van der Waals surface area contributed by atoms with E-state index in [0.717, 1.165) is 25.7 Å². The molecule has 0 bridgehead atoms. The van der Waals surface area contributed by atoms with E-state index < -0.39 is 11.4 Å². The van der Waals surface area contributed by atoms with E-state index in [1.165, 1.54) is 7.11 Å². The summed E-state index contributed by atoms with van der Waals surface area (Å²) in [6.45, 7) is 1.90. The average molecular weight is 238 g/mol. The lowest BCUT2D eigenvalue weighted by Gasteiger charge is -2.28. The molecule has 1 aliphatic rings. The van der Waals surface area contributed by atoms with Gasteiger partial charge in [0.05, 0.1) is 7.11 Å². The maximum absolute atomic E-state index is 12.0. The van der Waals surface area contributed by atoms with Crippen molar-refractivity contribution in [2.45, 2.75) is 32.6 Å². The zero-order valence-corrected chi connectivity index (χ0v) is 10.5. The minimum absolute atomic E-state index is 0.0511. The maximum Gasteiger partial charge on any atom is 0.325 e. The molecule has 4 nitrogen and oxygen atoms in total. The number of ether oxygens (including phenoxy) is 1. The molecule has 17 heavy (non-hydrogen) atoms. The minimum Gasteiger partial charge on any atom is -0.468 e. The number of hydrogen-bond donors (Lipinski definition) is 1. The van der Waals surface area contributed by atoms with Crippen LogP contribution in [0.25, 0.3) is 0 Å². The van der Waals surface area contributed by atoms with Crippen molar-refractivity contribution in [1.29, 1.82) is 0 Å². The van der Waals surface area contributed by atoms with Crippen molar-refractivity contribution in [2.24, 2.45) is 5.41 Å². The van der Waals surface area contributed by atoms with Crippen LogP contribution in [0, 0.1) is 11.8 Å². The molecular formula is C13H20NO3. The van der Waals surface area contributed by atoms with Crippen molar-refractivity contribution >= 4 is 11.9 Å². The second-order valence-electron chi connectivity index (χ2n) is 4.56. The van der Waals surface area contributed by atoms with Crippen LogP contribution in [0.15, 0.2) is 12.2 Å². The Morgan fingerprint density at radius 2 is 2.06 bits per heavy atom. The quantitative estimate of drug-likeness (QED) is 0.760. The van der Waals surface area contributed by atoms with Gasteiger partial charge in [-0.3, -0.25) is 9.59 Å². The fourth-order valence-corrected chi connectivity index (χ4v) is 1.88. The van der Waals surface area contributed by atoms with Crippen molar-refractivity contribution < 1.29 is 14.3 Å². The summed E-state index contributed by atoms with van der Waals surface area (Å²) in [5.41, 5.74) is -0.394. The van der Waals surface area contributed by atoms with E-state index in [2.05, 4.69) is 22.6 Å². The molecule has 1 radical (unpaired) electrons. The Balaban J connectivity index is 2.52. The molecule has 1 amide bonds. The molecule has 0 aromatic carbocycles. The van der Waals surface area contributed by atoms with Gasteiger partial charge in [-0.05, 0) is 32.1 Å². The molecule has 95 valence electrons. The van der Waals surface area contributed by atoms with Crippen LogP contribution in [-0.4, -0.2) is 25.5 Å². The summed E-state index contributed by atoms with van der Waals surface area (Å²) < 4.78 is 4.49. The van der Waals surface area contributed by atoms with E-state index in [0.29, 0.717) is 0 Å². The molecule has 1 atom stereocenters. The fraction of sp³-hybridized carbons (Fsp3) is 0.615. The zero-order valence-electron chi connectivity index (χ0n) is 10.5. The summed E-state index contributed by atoms with van der Waals surface area (Å²) in [5.74, 6) is -0.481. The van der Waals surface area contributed by atoms with Crippen LogP contribution in [0.2, 0.25) is 0 Å². The standard InChI is InChI=1S/C13H20NO3/c1-13(8-6-4-3-5-7-9-13)12(16)14-10-11(15)17-2/h3-5H,6-10H2,1-2H3,(H,14,16)/b4-3+. The molecule has 4 heteroatoms. The first kappa shape index (κ1) is 13.7. The van der Waals surface area contributed by atoms with Crippen LogP contribution >= 0.6 is 0 Å². The van der Waals surface area contributed by atoms with Crippen molar-refractivity contribution in [3.05, 3.63) is 18.6 Å². The fourth-order valence-electron chi connectivity index (χ4n) is 1.88. The zero-order chi connectivity index (χ0) is 12.7. The van der Waals surface area contributed by atoms with E-state index in [-0.39, 0.29) is 12.5 Å². The summed E-state index contributed by atoms with van der Waals surface area (Å²) in [6.07, 6.45) is 9.59. The summed E-state index contributed by atoms with van der Waals surface area (Å²) in [5, 5.41) is 2.64. The van der Waals surface area contributed by atoms with Gasteiger partial charge in [0, 0.05) is 5.41 Å². The summed E-state index contributed by atoms with van der Waals surface area (Å²) >= 11 is 0. The average Bonchev–Trinajstić information content (AvgIpc) is 2.30. The second-order valence-corrected chi connectivity index (χ2v) is 4.56. The summed E-state index contributed by atoms with van der Waals surface area (Å²) in [4.78, 5) is 23.0. The summed E-state index contributed by atoms with van der Waals surface area (Å²) in [6, 6.07) is 0. The van der Waals surface area contributed by atoms with Gasteiger partial charge in [0.2, 0.25) is 5.91 Å². The number of allylic oxidation sites excluding steroid dienone is 2. The Morgan fingerprint density at radius 1 is 1.35 bits per heavy atom. The normalized spacial score (nSPS) is 26.5. The van der Waals surface area contributed by atoms with Crippen LogP contribution in [-0.2, 0) is 14.3 Å². The van der Waals surface area contributed by atoms with E-state index in [9.17, 15) is 9.59 Å². The van der Waals surface area contributed by atoms with Crippen LogP contribution in [0.5, 0.6) is 0 Å². The van der Waals surface area contributed by atoms with Crippen molar-refractivity contribution in [3.63, 3.8) is 0 Å². The maximum atomic E-state index is 12.0. The van der Waals surface area contributed by atoms with E-state index in [1.807, 2.05) is 13.0 Å². The van der Waals surface area contributed by atoms with E-state index in [4.69, 9.17) is 0 Å². The number of amides is 1. The monoisotopic (exact) mass is 238 g/mol. The highest BCUT2D eigenvalue weighted by Crippen LogP contribution is 2.31. The lowest BCUT2D eigenvalue weighted by Crippen LogP contribution is -2.41. The topological polar surface area (TPSA) is 55.4 Å². The highest BCUT2D eigenvalue weighted by Gasteiger charge is 2.32. The van der Waals surface area contributed by atoms with Crippen LogP contribution in [0.3, 0.4) is 0 Å². The Labute approximate surface area is 102 Å². The molecule has 0 aromatic heterocycles. The molecule has 0 heterocycles. The van der Waals surface area contributed by atoms with Gasteiger partial charge in [-0.25, -0.2) is 0 Å². The Hall–Kier alpha value is -1.32. The van der Waals surface area contributed by atoms with Crippen LogP contribution in [0.4, 0.5) is 0 Å². The van der Waals surface area contributed by atoms with Crippen molar-refractivity contribution in [2.75, 3.05) is 13.7 Å². The van der Waals surface area contributed by atoms with Gasteiger partial charge in [-0.1, -0.05) is 19.1 Å². The first-order valence-corrected chi connectivity index (χ1v) is 5.92. The predicted molar refractivity (Wildman–Crippen MR) is 65.0 cm³/mol. The number of carbonyl (C=O) groups is 2. The highest BCUT2D eigenvalue weighted by molar-refractivity contribution is 5.85. The first-order chi connectivity index (χ1) is 8.08. The largest absolute Gasteiger partial charge is 0.468 e. The number of esters is 1. The highest BCUT2D eigenvalue weighted by atomic mass is 16.5. The molecular weight excluding hydrogens is 218 g/mol. The van der Waals surface area contributed by atoms with Crippen molar-refractivity contribution in [1.82, 2.24) is 5.32 Å². The number of hydrogen-bond acceptors (Lipinski definition) is 3. The van der Waals surface area contributed by atoms with Gasteiger partial charge in [-0.15, -0.1) is 0 Å². The smallest absolute Gasteiger partial charge is 0.325 e. The van der Waals surface area contributed by atoms with Gasteiger partial charge in [0.15, 0.2) is 0 Å². The molecule has 0 aromatic rings. The first-order valence-electron chi connectivity index (χ1n) is 5.92. The molecule has 0 saturated heterocycles. The number of rotatable bonds is 3. The molecule has 0 saturated carbocycles. The van der Waals surface area contributed by atoms with E-state index in [1.54, 1.807) is 0 Å². The number of nitrogens with one attached hydrogen (secondary N) is 1. The van der Waals surface area contributed by atoms with Crippen molar-refractivity contribution in [3.8, 4) is 0 Å². The minimum atomic E-state index is -0.417. The molecule has 0 spiro atoms. The Morgan fingerprint density at radius 3 is 2.76 bits per heavy atom.